The average Bonchev–Trinajstić information content (AvgIpc) is 3.42. The molecule has 0 unspecified atom stereocenters. The van der Waals surface area contributed by atoms with Crippen LogP contribution in [0.4, 0.5) is 5.69 Å². The van der Waals surface area contributed by atoms with E-state index in [0.29, 0.717) is 22.0 Å². The molecule has 6 nitrogen and oxygen atoms in total. The summed E-state index contributed by atoms with van der Waals surface area (Å²) in [4.78, 5) is 28.6. The fourth-order valence-corrected chi connectivity index (χ4v) is 2.46. The second kappa shape index (κ2) is 7.11. The lowest BCUT2D eigenvalue weighted by Gasteiger charge is -2.12. The van der Waals surface area contributed by atoms with E-state index in [-0.39, 0.29) is 23.4 Å². The van der Waals surface area contributed by atoms with Crippen LogP contribution in [0.3, 0.4) is 0 Å². The van der Waals surface area contributed by atoms with E-state index < -0.39 is 0 Å². The van der Waals surface area contributed by atoms with Crippen LogP contribution in [-0.4, -0.2) is 29.9 Å². The number of anilines is 1. The van der Waals surface area contributed by atoms with Crippen LogP contribution in [-0.2, 0) is 0 Å². The normalized spacial score (nSPS) is 13.2. The molecule has 1 saturated carbocycles. The van der Waals surface area contributed by atoms with Crippen LogP contribution in [0.25, 0.3) is 0 Å². The Balaban J connectivity index is 1.79. The summed E-state index contributed by atoms with van der Waals surface area (Å²) in [6.45, 7) is 1.84. The Bertz CT molecular complexity index is 834. The highest BCUT2D eigenvalue weighted by atomic mass is 35.5. The summed E-state index contributed by atoms with van der Waals surface area (Å²) in [6, 6.07) is 5.14. The zero-order valence-electron chi connectivity index (χ0n) is 13.9. The smallest absolute Gasteiger partial charge is 0.257 e. The van der Waals surface area contributed by atoms with Crippen molar-refractivity contribution in [1.29, 1.82) is 0 Å². The summed E-state index contributed by atoms with van der Waals surface area (Å²) in [6.07, 6.45) is 4.85. The van der Waals surface area contributed by atoms with Crippen LogP contribution in [0.5, 0.6) is 5.75 Å². The number of ether oxygens (including phenoxy) is 1. The van der Waals surface area contributed by atoms with Crippen LogP contribution in [0, 0.1) is 6.92 Å². The molecular weight excluding hydrogens is 342 g/mol. The highest BCUT2D eigenvalue weighted by Crippen LogP contribution is 2.31. The van der Waals surface area contributed by atoms with Crippen molar-refractivity contribution in [2.75, 3.05) is 12.4 Å². The predicted molar refractivity (Wildman–Crippen MR) is 95.4 cm³/mol. The summed E-state index contributed by atoms with van der Waals surface area (Å²) in [5.74, 6) is -0.141. The summed E-state index contributed by atoms with van der Waals surface area (Å²) in [7, 11) is 1.50. The number of aryl methyl sites for hydroxylation is 1. The van der Waals surface area contributed by atoms with Crippen LogP contribution in [0.15, 0.2) is 30.6 Å². The molecule has 0 bridgehead atoms. The van der Waals surface area contributed by atoms with Gasteiger partial charge in [-0.25, -0.2) is 0 Å². The first-order chi connectivity index (χ1) is 12.0. The van der Waals surface area contributed by atoms with Gasteiger partial charge in [0.1, 0.15) is 5.75 Å². The number of hydrogen-bond acceptors (Lipinski definition) is 4. The SMILES string of the molecule is COc1cc(Cl)c(C)cc1NC(=O)c1cncc(C(=O)NC2CC2)c1. The molecule has 0 aliphatic heterocycles. The van der Waals surface area contributed by atoms with Crippen molar-refractivity contribution < 1.29 is 14.3 Å². The number of nitrogens with one attached hydrogen (secondary N) is 2. The molecule has 1 fully saturated rings. The maximum atomic E-state index is 12.5. The third-order valence-electron chi connectivity index (χ3n) is 3.90. The Morgan fingerprint density at radius 3 is 2.48 bits per heavy atom. The van der Waals surface area contributed by atoms with Crippen molar-refractivity contribution in [1.82, 2.24) is 10.3 Å². The lowest BCUT2D eigenvalue weighted by Crippen LogP contribution is -2.26. The van der Waals surface area contributed by atoms with Gasteiger partial charge >= 0.3 is 0 Å². The Labute approximate surface area is 150 Å². The molecule has 0 atom stereocenters. The Morgan fingerprint density at radius 2 is 1.84 bits per heavy atom. The molecule has 3 rings (SSSR count). The molecule has 1 aliphatic carbocycles. The molecule has 25 heavy (non-hydrogen) atoms. The number of pyridine rings is 1. The number of carbonyl (C=O) groups excluding carboxylic acids is 2. The minimum atomic E-state index is -0.381. The molecule has 2 aromatic rings. The first-order valence-corrected chi connectivity index (χ1v) is 8.27. The predicted octanol–water partition coefficient (Wildman–Crippen LogP) is 3.20. The number of rotatable bonds is 5. The first-order valence-electron chi connectivity index (χ1n) is 7.89. The maximum Gasteiger partial charge on any atom is 0.257 e. The first kappa shape index (κ1) is 17.2. The van der Waals surface area contributed by atoms with Gasteiger partial charge < -0.3 is 15.4 Å². The van der Waals surface area contributed by atoms with Crippen molar-refractivity contribution >= 4 is 29.1 Å². The molecule has 2 N–H and O–H groups in total. The minimum Gasteiger partial charge on any atom is -0.495 e. The second-order valence-electron chi connectivity index (χ2n) is 5.97. The zero-order valence-corrected chi connectivity index (χ0v) is 14.7. The van der Waals surface area contributed by atoms with Crippen molar-refractivity contribution in [3.05, 3.63) is 52.3 Å². The molecule has 1 aromatic heterocycles. The Morgan fingerprint density at radius 1 is 1.16 bits per heavy atom. The molecule has 7 heteroatoms. The molecule has 2 amide bonds. The topological polar surface area (TPSA) is 80.3 Å². The summed E-state index contributed by atoms with van der Waals surface area (Å²) < 4.78 is 5.25. The number of hydrogen-bond donors (Lipinski definition) is 2. The number of benzene rings is 1. The zero-order chi connectivity index (χ0) is 18.0. The van der Waals surface area contributed by atoms with E-state index >= 15 is 0 Å². The van der Waals surface area contributed by atoms with Gasteiger partial charge in [-0.1, -0.05) is 11.6 Å². The van der Waals surface area contributed by atoms with Crippen molar-refractivity contribution in [3.63, 3.8) is 0 Å². The lowest BCUT2D eigenvalue weighted by molar-refractivity contribution is 0.0950. The number of nitrogens with zero attached hydrogens (tertiary/aromatic N) is 1. The molecule has 0 saturated heterocycles. The Kier molecular flexibility index (Phi) is 4.90. The highest BCUT2D eigenvalue weighted by molar-refractivity contribution is 6.31. The van der Waals surface area contributed by atoms with Crippen LogP contribution in [0.1, 0.15) is 39.1 Å². The summed E-state index contributed by atoms with van der Waals surface area (Å²) >= 11 is 6.07. The van der Waals surface area contributed by atoms with Crippen molar-refractivity contribution in [2.24, 2.45) is 0 Å². The van der Waals surface area contributed by atoms with E-state index in [4.69, 9.17) is 16.3 Å². The van der Waals surface area contributed by atoms with Gasteiger partial charge in [0.25, 0.3) is 11.8 Å². The van der Waals surface area contributed by atoms with E-state index in [0.717, 1.165) is 18.4 Å². The third-order valence-corrected chi connectivity index (χ3v) is 4.31. The summed E-state index contributed by atoms with van der Waals surface area (Å²) in [5.41, 5.74) is 1.97. The number of aromatic nitrogens is 1. The molecule has 1 aliphatic rings. The third kappa shape index (κ3) is 4.09. The van der Waals surface area contributed by atoms with E-state index in [1.54, 1.807) is 12.1 Å². The van der Waals surface area contributed by atoms with E-state index in [2.05, 4.69) is 15.6 Å². The fraction of sp³-hybridized carbons (Fsp3) is 0.278. The minimum absolute atomic E-state index is 0.218. The van der Waals surface area contributed by atoms with Gasteiger partial charge in [-0.15, -0.1) is 0 Å². The molecule has 0 spiro atoms. The van der Waals surface area contributed by atoms with E-state index in [1.807, 2.05) is 6.92 Å². The molecule has 130 valence electrons. The van der Waals surface area contributed by atoms with Crippen LogP contribution < -0.4 is 15.4 Å². The Hall–Kier alpha value is -2.60. The second-order valence-corrected chi connectivity index (χ2v) is 6.37. The van der Waals surface area contributed by atoms with Crippen LogP contribution in [0.2, 0.25) is 5.02 Å². The van der Waals surface area contributed by atoms with Gasteiger partial charge in [-0.3, -0.25) is 14.6 Å². The van der Waals surface area contributed by atoms with Gasteiger partial charge in [0.05, 0.1) is 23.9 Å². The fourth-order valence-electron chi connectivity index (χ4n) is 2.31. The van der Waals surface area contributed by atoms with Gasteiger partial charge in [0.2, 0.25) is 0 Å². The van der Waals surface area contributed by atoms with E-state index in [1.165, 1.54) is 25.6 Å². The van der Waals surface area contributed by atoms with E-state index in [9.17, 15) is 9.59 Å². The number of halogens is 1. The molecule has 1 aromatic carbocycles. The average molecular weight is 360 g/mol. The standard InChI is InChI=1S/C18H18ClN3O3/c1-10-5-15(16(25-2)7-14(10)19)22-18(24)12-6-11(8-20-9-12)17(23)21-13-3-4-13/h5-9,13H,3-4H2,1-2H3,(H,21,23)(H,22,24). The van der Waals surface area contributed by atoms with Gasteiger partial charge in [0.15, 0.2) is 0 Å². The molecular formula is C18H18ClN3O3. The lowest BCUT2D eigenvalue weighted by atomic mass is 10.1. The highest BCUT2D eigenvalue weighted by Gasteiger charge is 2.24. The molecule has 1 heterocycles. The maximum absolute atomic E-state index is 12.5. The number of methoxy groups -OCH3 is 1. The number of carbonyl (C=O) groups is 2. The van der Waals surface area contributed by atoms with Gasteiger partial charge in [-0.2, -0.15) is 0 Å². The van der Waals surface area contributed by atoms with Gasteiger partial charge in [0, 0.05) is 29.5 Å². The van der Waals surface area contributed by atoms with Crippen molar-refractivity contribution in [3.8, 4) is 5.75 Å². The van der Waals surface area contributed by atoms with Crippen molar-refractivity contribution in [2.45, 2.75) is 25.8 Å². The van der Waals surface area contributed by atoms with Gasteiger partial charge in [-0.05, 0) is 37.5 Å². The molecule has 0 radical (unpaired) electrons. The monoisotopic (exact) mass is 359 g/mol. The number of amides is 2. The largest absolute Gasteiger partial charge is 0.495 e. The quantitative estimate of drug-likeness (QED) is 0.859. The van der Waals surface area contributed by atoms with Crippen LogP contribution >= 0.6 is 11.6 Å². The summed E-state index contributed by atoms with van der Waals surface area (Å²) in [5, 5.41) is 6.19.